The summed E-state index contributed by atoms with van der Waals surface area (Å²) in [5.41, 5.74) is 0. The molecular weight excluding hydrogens is 262 g/mol. The summed E-state index contributed by atoms with van der Waals surface area (Å²) in [6.45, 7) is 4.42. The van der Waals surface area contributed by atoms with Gasteiger partial charge in [-0.25, -0.2) is 0 Å². The molecule has 0 spiro atoms. The normalized spacial score (nSPS) is 27.6. The predicted molar refractivity (Wildman–Crippen MR) is 74.5 cm³/mol. The zero-order valence-electron chi connectivity index (χ0n) is 10.9. The van der Waals surface area contributed by atoms with Crippen LogP contribution in [0.5, 0.6) is 0 Å². The topological polar surface area (TPSA) is 42.1 Å². The van der Waals surface area contributed by atoms with Crippen molar-refractivity contribution in [1.29, 1.82) is 0 Å². The lowest BCUT2D eigenvalue weighted by Crippen LogP contribution is -3.16. The number of hydrogen-bond donors (Lipinski definition) is 2. The molecular formula is C13H20N3O2S+. The van der Waals surface area contributed by atoms with Gasteiger partial charge in [0, 0.05) is 6.61 Å². The Kier molecular flexibility index (Phi) is 4.00. The number of hydrogen-bond acceptors (Lipinski definition) is 3. The van der Waals surface area contributed by atoms with Gasteiger partial charge < -0.3 is 14.5 Å². The lowest BCUT2D eigenvalue weighted by molar-refractivity contribution is -0.928. The second-order valence-electron chi connectivity index (χ2n) is 5.18. The van der Waals surface area contributed by atoms with Crippen LogP contribution in [-0.2, 0) is 11.3 Å². The van der Waals surface area contributed by atoms with Crippen LogP contribution in [0.3, 0.4) is 0 Å². The van der Waals surface area contributed by atoms with E-state index in [1.165, 1.54) is 11.3 Å². The van der Waals surface area contributed by atoms with Gasteiger partial charge in [-0.2, -0.15) is 0 Å². The van der Waals surface area contributed by atoms with Gasteiger partial charge in [0.25, 0.3) is 0 Å². The van der Waals surface area contributed by atoms with Crippen LogP contribution in [0.25, 0.3) is 0 Å². The highest BCUT2D eigenvalue weighted by Crippen LogP contribution is 2.13. The smallest absolute Gasteiger partial charge is 0.177 e. The standard InChI is InChI=1S/C13H19N3O2S/c19-13-14-9-15(7-11-3-1-5-17-11)10-16(13)8-12-4-2-6-18-12/h1,3,5,12H,2,4,6-10H2,(H,14,19)/p+1/t12-/m1/s1. The molecule has 0 bridgehead atoms. The van der Waals surface area contributed by atoms with E-state index < -0.39 is 0 Å². The fraction of sp³-hybridized carbons (Fsp3) is 0.615. The van der Waals surface area contributed by atoms with E-state index in [-0.39, 0.29) is 0 Å². The van der Waals surface area contributed by atoms with Gasteiger partial charge in [0.2, 0.25) is 0 Å². The molecule has 2 N–H and O–H groups in total. The third-order valence-electron chi connectivity index (χ3n) is 3.64. The van der Waals surface area contributed by atoms with Crippen LogP contribution in [0.15, 0.2) is 22.8 Å². The summed E-state index contributed by atoms with van der Waals surface area (Å²) in [7, 11) is 0. The molecule has 3 rings (SSSR count). The second-order valence-corrected chi connectivity index (χ2v) is 5.57. The summed E-state index contributed by atoms with van der Waals surface area (Å²) >= 11 is 5.39. The third kappa shape index (κ3) is 3.26. The van der Waals surface area contributed by atoms with E-state index in [0.717, 1.165) is 50.3 Å². The molecule has 0 aromatic carbocycles. The molecule has 2 fully saturated rings. The van der Waals surface area contributed by atoms with Gasteiger partial charge in [-0.05, 0) is 37.2 Å². The van der Waals surface area contributed by atoms with E-state index in [1.807, 2.05) is 12.1 Å². The monoisotopic (exact) mass is 282 g/mol. The SMILES string of the molecule is S=C1NC[NH+](Cc2ccco2)CN1C[C@H]1CCCO1. The first-order valence-corrected chi connectivity index (χ1v) is 7.22. The minimum Gasteiger partial charge on any atom is -0.463 e. The van der Waals surface area contributed by atoms with Crippen molar-refractivity contribution in [3.63, 3.8) is 0 Å². The first-order valence-electron chi connectivity index (χ1n) is 6.81. The second kappa shape index (κ2) is 5.90. The summed E-state index contributed by atoms with van der Waals surface area (Å²) in [5, 5.41) is 4.14. The molecule has 0 aliphatic carbocycles. The van der Waals surface area contributed by atoms with E-state index in [1.54, 1.807) is 6.26 Å². The Morgan fingerprint density at radius 2 is 2.47 bits per heavy atom. The average molecular weight is 282 g/mol. The van der Waals surface area contributed by atoms with Crippen molar-refractivity contribution < 1.29 is 14.1 Å². The van der Waals surface area contributed by atoms with Crippen LogP contribution >= 0.6 is 12.2 Å². The average Bonchev–Trinajstić information content (AvgIpc) is 3.07. The highest BCUT2D eigenvalue weighted by Gasteiger charge is 2.27. The molecule has 104 valence electrons. The van der Waals surface area contributed by atoms with Gasteiger partial charge in [0.15, 0.2) is 24.2 Å². The van der Waals surface area contributed by atoms with Gasteiger partial charge in [-0.3, -0.25) is 9.80 Å². The van der Waals surface area contributed by atoms with Gasteiger partial charge in [-0.1, -0.05) is 0 Å². The molecule has 1 unspecified atom stereocenters. The summed E-state index contributed by atoms with van der Waals surface area (Å²) < 4.78 is 11.1. The van der Waals surface area contributed by atoms with Crippen LogP contribution in [0.2, 0.25) is 0 Å². The molecule has 1 aromatic heterocycles. The van der Waals surface area contributed by atoms with E-state index in [2.05, 4.69) is 10.2 Å². The molecule has 0 amide bonds. The summed E-state index contributed by atoms with van der Waals surface area (Å²) in [4.78, 5) is 3.62. The highest BCUT2D eigenvalue weighted by atomic mass is 32.1. The first-order chi connectivity index (χ1) is 9.31. The summed E-state index contributed by atoms with van der Waals surface area (Å²) in [6.07, 6.45) is 4.37. The minimum atomic E-state index is 0.336. The Hall–Kier alpha value is -1.11. The Morgan fingerprint density at radius 3 is 3.21 bits per heavy atom. The third-order valence-corrected chi connectivity index (χ3v) is 4.05. The molecule has 5 nitrogen and oxygen atoms in total. The maximum atomic E-state index is 5.69. The van der Waals surface area contributed by atoms with Crippen molar-refractivity contribution in [3.8, 4) is 0 Å². The van der Waals surface area contributed by atoms with Gasteiger partial charge in [-0.15, -0.1) is 0 Å². The van der Waals surface area contributed by atoms with Crippen LogP contribution in [0.4, 0.5) is 0 Å². The molecule has 3 heterocycles. The molecule has 2 aliphatic heterocycles. The van der Waals surface area contributed by atoms with E-state index in [9.17, 15) is 0 Å². The molecule has 2 aliphatic rings. The van der Waals surface area contributed by atoms with Gasteiger partial charge >= 0.3 is 0 Å². The molecule has 1 aromatic rings. The largest absolute Gasteiger partial charge is 0.463 e. The Balaban J connectivity index is 1.55. The minimum absolute atomic E-state index is 0.336. The van der Waals surface area contributed by atoms with E-state index in [4.69, 9.17) is 21.4 Å². The number of ether oxygens (including phenoxy) is 1. The highest BCUT2D eigenvalue weighted by molar-refractivity contribution is 7.80. The van der Waals surface area contributed by atoms with Crippen molar-refractivity contribution in [2.24, 2.45) is 0 Å². The molecule has 6 heteroatoms. The number of furan rings is 1. The van der Waals surface area contributed by atoms with Crippen molar-refractivity contribution in [2.45, 2.75) is 25.5 Å². The zero-order valence-corrected chi connectivity index (χ0v) is 11.7. The molecule has 0 saturated carbocycles. The molecule has 19 heavy (non-hydrogen) atoms. The molecule has 0 radical (unpaired) electrons. The van der Waals surface area contributed by atoms with Crippen molar-refractivity contribution >= 4 is 17.3 Å². The summed E-state index contributed by atoms with van der Waals surface area (Å²) in [5.74, 6) is 1.02. The fourth-order valence-corrected chi connectivity index (χ4v) is 2.88. The number of thiocarbonyl (C=S) groups is 1. The lowest BCUT2D eigenvalue weighted by Gasteiger charge is -2.35. The number of rotatable bonds is 4. The first kappa shape index (κ1) is 12.9. The number of nitrogens with zero attached hydrogens (tertiary/aromatic N) is 1. The fourth-order valence-electron chi connectivity index (χ4n) is 2.67. The maximum absolute atomic E-state index is 5.69. The van der Waals surface area contributed by atoms with Crippen LogP contribution < -0.4 is 10.2 Å². The number of nitrogens with one attached hydrogen (secondary N) is 2. The lowest BCUT2D eigenvalue weighted by atomic mass is 10.2. The quantitative estimate of drug-likeness (QED) is 0.758. The van der Waals surface area contributed by atoms with Gasteiger partial charge in [0.1, 0.15) is 6.54 Å². The summed E-state index contributed by atoms with van der Waals surface area (Å²) in [6, 6.07) is 3.95. The van der Waals surface area contributed by atoms with Crippen molar-refractivity contribution in [2.75, 3.05) is 26.5 Å². The Bertz CT molecular complexity index is 418. The maximum Gasteiger partial charge on any atom is 0.177 e. The van der Waals surface area contributed by atoms with Crippen molar-refractivity contribution in [3.05, 3.63) is 24.2 Å². The van der Waals surface area contributed by atoms with Crippen LogP contribution in [0, 0.1) is 0 Å². The predicted octanol–water partition coefficient (Wildman–Crippen LogP) is -0.0514. The zero-order chi connectivity index (χ0) is 13.1. The molecule has 2 saturated heterocycles. The van der Waals surface area contributed by atoms with Crippen LogP contribution in [0.1, 0.15) is 18.6 Å². The van der Waals surface area contributed by atoms with E-state index >= 15 is 0 Å². The van der Waals surface area contributed by atoms with Gasteiger partial charge in [0.05, 0.1) is 18.9 Å². The van der Waals surface area contributed by atoms with Crippen molar-refractivity contribution in [1.82, 2.24) is 10.2 Å². The Labute approximate surface area is 118 Å². The molecule has 2 atom stereocenters. The van der Waals surface area contributed by atoms with E-state index in [0.29, 0.717) is 6.10 Å². The number of quaternary nitrogens is 1. The van der Waals surface area contributed by atoms with Crippen LogP contribution in [-0.4, -0.2) is 42.6 Å². The Morgan fingerprint density at radius 1 is 1.53 bits per heavy atom.